The van der Waals surface area contributed by atoms with Crippen LogP contribution in [-0.4, -0.2) is 30.1 Å². The minimum atomic E-state index is 0.597. The Morgan fingerprint density at radius 2 is 2.10 bits per heavy atom. The van der Waals surface area contributed by atoms with Gasteiger partial charge in [-0.05, 0) is 24.0 Å². The van der Waals surface area contributed by atoms with E-state index in [4.69, 9.17) is 11.6 Å². The van der Waals surface area contributed by atoms with Gasteiger partial charge in [-0.25, -0.2) is 0 Å². The molecule has 1 saturated heterocycles. The lowest BCUT2D eigenvalue weighted by Gasteiger charge is -2.42. The van der Waals surface area contributed by atoms with Crippen molar-refractivity contribution >= 4 is 11.6 Å². The highest BCUT2D eigenvalue weighted by Gasteiger charge is 2.29. The van der Waals surface area contributed by atoms with E-state index in [2.05, 4.69) is 43.1 Å². The molecule has 0 spiro atoms. The SMILES string of the molecule is CCCC1CN(Cc2ccccc2Cl)C(C(C)C)CN1. The van der Waals surface area contributed by atoms with Gasteiger partial charge in [-0.2, -0.15) is 0 Å². The topological polar surface area (TPSA) is 15.3 Å². The quantitative estimate of drug-likeness (QED) is 0.885. The van der Waals surface area contributed by atoms with E-state index in [1.165, 1.54) is 18.4 Å². The van der Waals surface area contributed by atoms with Crippen LogP contribution >= 0.6 is 11.6 Å². The second-order valence-electron chi connectivity index (χ2n) is 6.23. The summed E-state index contributed by atoms with van der Waals surface area (Å²) < 4.78 is 0. The summed E-state index contributed by atoms with van der Waals surface area (Å²) in [7, 11) is 0. The molecule has 20 heavy (non-hydrogen) atoms. The number of nitrogens with one attached hydrogen (secondary N) is 1. The second kappa shape index (κ2) is 7.44. The van der Waals surface area contributed by atoms with Gasteiger partial charge in [-0.1, -0.05) is 57.0 Å². The van der Waals surface area contributed by atoms with Crippen LogP contribution in [0.25, 0.3) is 0 Å². The summed E-state index contributed by atoms with van der Waals surface area (Å²) in [5.74, 6) is 0.660. The number of hydrogen-bond donors (Lipinski definition) is 1. The molecule has 0 amide bonds. The number of nitrogens with zero attached hydrogens (tertiary/aromatic N) is 1. The highest BCUT2D eigenvalue weighted by molar-refractivity contribution is 6.31. The highest BCUT2D eigenvalue weighted by atomic mass is 35.5. The molecule has 0 saturated carbocycles. The molecule has 2 atom stereocenters. The molecule has 1 aromatic rings. The van der Waals surface area contributed by atoms with E-state index in [0.717, 1.165) is 24.7 Å². The van der Waals surface area contributed by atoms with Crippen LogP contribution in [-0.2, 0) is 6.54 Å². The lowest BCUT2D eigenvalue weighted by molar-refractivity contribution is 0.0885. The lowest BCUT2D eigenvalue weighted by Crippen LogP contribution is -2.57. The van der Waals surface area contributed by atoms with Crippen molar-refractivity contribution in [1.29, 1.82) is 0 Å². The van der Waals surface area contributed by atoms with E-state index in [1.807, 2.05) is 12.1 Å². The van der Waals surface area contributed by atoms with Crippen LogP contribution in [0.4, 0.5) is 0 Å². The van der Waals surface area contributed by atoms with Gasteiger partial charge in [0, 0.05) is 36.7 Å². The van der Waals surface area contributed by atoms with E-state index in [0.29, 0.717) is 18.0 Å². The third kappa shape index (κ3) is 3.97. The molecular formula is C17H27ClN2. The zero-order valence-corrected chi connectivity index (χ0v) is 13.7. The maximum Gasteiger partial charge on any atom is 0.0451 e. The Bertz CT molecular complexity index is 419. The van der Waals surface area contributed by atoms with Crippen LogP contribution in [0.1, 0.15) is 39.2 Å². The van der Waals surface area contributed by atoms with Crippen molar-refractivity contribution in [1.82, 2.24) is 10.2 Å². The van der Waals surface area contributed by atoms with Gasteiger partial charge in [-0.3, -0.25) is 4.90 Å². The number of hydrogen-bond acceptors (Lipinski definition) is 2. The molecule has 0 bridgehead atoms. The molecule has 0 radical (unpaired) electrons. The molecule has 1 heterocycles. The van der Waals surface area contributed by atoms with Crippen LogP contribution in [0.5, 0.6) is 0 Å². The van der Waals surface area contributed by atoms with E-state index < -0.39 is 0 Å². The molecule has 2 rings (SSSR count). The maximum atomic E-state index is 6.33. The maximum absolute atomic E-state index is 6.33. The number of piperazine rings is 1. The summed E-state index contributed by atoms with van der Waals surface area (Å²) in [5, 5.41) is 4.60. The normalized spacial score (nSPS) is 24.2. The van der Waals surface area contributed by atoms with Gasteiger partial charge in [0.1, 0.15) is 0 Å². The molecule has 1 fully saturated rings. The first-order valence-electron chi connectivity index (χ1n) is 7.82. The van der Waals surface area contributed by atoms with Crippen molar-refractivity contribution in [3.63, 3.8) is 0 Å². The largest absolute Gasteiger partial charge is 0.311 e. The van der Waals surface area contributed by atoms with Crippen LogP contribution in [0.3, 0.4) is 0 Å². The fourth-order valence-electron chi connectivity index (χ4n) is 3.13. The predicted octanol–water partition coefficient (Wildman–Crippen LogP) is 3.94. The summed E-state index contributed by atoms with van der Waals surface area (Å²) in [6.45, 7) is 10.1. The van der Waals surface area contributed by atoms with Gasteiger partial charge in [0.25, 0.3) is 0 Å². The van der Waals surface area contributed by atoms with Crippen LogP contribution in [0.2, 0.25) is 5.02 Å². The molecule has 1 aliphatic rings. The van der Waals surface area contributed by atoms with Crippen molar-refractivity contribution < 1.29 is 0 Å². The first-order valence-corrected chi connectivity index (χ1v) is 8.20. The third-order valence-corrected chi connectivity index (χ3v) is 4.65. The highest BCUT2D eigenvalue weighted by Crippen LogP contribution is 2.23. The van der Waals surface area contributed by atoms with Gasteiger partial charge in [0.15, 0.2) is 0 Å². The molecule has 1 N–H and O–H groups in total. The second-order valence-corrected chi connectivity index (χ2v) is 6.63. The van der Waals surface area contributed by atoms with E-state index in [-0.39, 0.29) is 0 Å². The first kappa shape index (κ1) is 15.8. The molecule has 2 unspecified atom stereocenters. The first-order chi connectivity index (χ1) is 9.61. The Morgan fingerprint density at radius 1 is 1.35 bits per heavy atom. The van der Waals surface area contributed by atoms with Crippen molar-refractivity contribution in [3.8, 4) is 0 Å². The average molecular weight is 295 g/mol. The average Bonchev–Trinajstić information content (AvgIpc) is 2.42. The minimum absolute atomic E-state index is 0.597. The van der Waals surface area contributed by atoms with E-state index in [9.17, 15) is 0 Å². The number of benzene rings is 1. The Hall–Kier alpha value is -0.570. The van der Waals surface area contributed by atoms with Gasteiger partial charge < -0.3 is 5.32 Å². The molecule has 2 nitrogen and oxygen atoms in total. The number of halogens is 1. The van der Waals surface area contributed by atoms with Crippen LogP contribution < -0.4 is 5.32 Å². The van der Waals surface area contributed by atoms with Crippen LogP contribution in [0.15, 0.2) is 24.3 Å². The molecule has 3 heteroatoms. The predicted molar refractivity (Wildman–Crippen MR) is 87.2 cm³/mol. The third-order valence-electron chi connectivity index (χ3n) is 4.28. The fraction of sp³-hybridized carbons (Fsp3) is 0.647. The molecular weight excluding hydrogens is 268 g/mol. The summed E-state index contributed by atoms with van der Waals surface area (Å²) in [6, 6.07) is 9.45. The Morgan fingerprint density at radius 3 is 2.75 bits per heavy atom. The molecule has 0 aliphatic carbocycles. The van der Waals surface area contributed by atoms with Crippen molar-refractivity contribution in [2.45, 2.75) is 52.2 Å². The monoisotopic (exact) mass is 294 g/mol. The van der Waals surface area contributed by atoms with E-state index >= 15 is 0 Å². The van der Waals surface area contributed by atoms with Gasteiger partial charge in [0.05, 0.1) is 0 Å². The van der Waals surface area contributed by atoms with Gasteiger partial charge >= 0.3 is 0 Å². The summed E-state index contributed by atoms with van der Waals surface area (Å²) in [6.07, 6.45) is 2.49. The van der Waals surface area contributed by atoms with Crippen molar-refractivity contribution in [2.75, 3.05) is 13.1 Å². The molecule has 1 aliphatic heterocycles. The zero-order valence-electron chi connectivity index (χ0n) is 12.9. The molecule has 1 aromatic carbocycles. The van der Waals surface area contributed by atoms with E-state index in [1.54, 1.807) is 0 Å². The van der Waals surface area contributed by atoms with Gasteiger partial charge in [-0.15, -0.1) is 0 Å². The van der Waals surface area contributed by atoms with Gasteiger partial charge in [0.2, 0.25) is 0 Å². The summed E-state index contributed by atoms with van der Waals surface area (Å²) in [4.78, 5) is 2.61. The smallest absolute Gasteiger partial charge is 0.0451 e. The lowest BCUT2D eigenvalue weighted by atomic mass is 9.96. The van der Waals surface area contributed by atoms with Crippen molar-refractivity contribution in [3.05, 3.63) is 34.9 Å². The standard InChI is InChI=1S/C17H27ClN2/c1-4-7-15-12-20(17(10-19-15)13(2)3)11-14-8-5-6-9-16(14)18/h5-6,8-9,13,15,17,19H,4,7,10-12H2,1-3H3. The Kier molecular flexibility index (Phi) is 5.88. The zero-order chi connectivity index (χ0) is 14.5. The molecule has 112 valence electrons. The molecule has 0 aromatic heterocycles. The Labute approximate surface area is 128 Å². The van der Waals surface area contributed by atoms with Crippen LogP contribution in [0, 0.1) is 5.92 Å². The van der Waals surface area contributed by atoms with Crippen molar-refractivity contribution in [2.24, 2.45) is 5.92 Å². The fourth-order valence-corrected chi connectivity index (χ4v) is 3.32. The summed E-state index contributed by atoms with van der Waals surface area (Å²) in [5.41, 5.74) is 1.25. The minimum Gasteiger partial charge on any atom is -0.311 e. The number of rotatable bonds is 5. The Balaban J connectivity index is 2.09. The summed E-state index contributed by atoms with van der Waals surface area (Å²) >= 11 is 6.33.